The summed E-state index contributed by atoms with van der Waals surface area (Å²) in [5, 5.41) is 11.0. The molecule has 0 aliphatic carbocycles. The van der Waals surface area contributed by atoms with Gasteiger partial charge in [-0.1, -0.05) is 30.3 Å². The molecule has 134 valence electrons. The van der Waals surface area contributed by atoms with Crippen molar-refractivity contribution >= 4 is 24.0 Å². The van der Waals surface area contributed by atoms with Gasteiger partial charge in [-0.3, -0.25) is 14.9 Å². The Labute approximate surface area is 153 Å². The molecule has 0 saturated heterocycles. The predicted octanol–water partition coefficient (Wildman–Crippen LogP) is 3.32. The van der Waals surface area contributed by atoms with Crippen LogP contribution in [-0.4, -0.2) is 28.8 Å². The summed E-state index contributed by atoms with van der Waals surface area (Å²) in [6, 6.07) is 14.1. The molecule has 0 bridgehead atoms. The number of hydrogen-bond acceptors (Lipinski definition) is 4. The maximum Gasteiger partial charge on any atom is 0.270 e. The van der Waals surface area contributed by atoms with Crippen LogP contribution in [0.4, 0.5) is 5.69 Å². The van der Waals surface area contributed by atoms with Gasteiger partial charge in [0.2, 0.25) is 0 Å². The summed E-state index contributed by atoms with van der Waals surface area (Å²) >= 11 is 0. The number of non-ortho nitro benzene ring substituents is 1. The van der Waals surface area contributed by atoms with Gasteiger partial charge in [-0.05, 0) is 37.1 Å². The molecular formula is C18H22ClN3O3. The third kappa shape index (κ3) is 5.85. The summed E-state index contributed by atoms with van der Waals surface area (Å²) in [6.07, 6.45) is 0.673. The van der Waals surface area contributed by atoms with Crippen molar-refractivity contribution in [3.05, 3.63) is 75.3 Å². The van der Waals surface area contributed by atoms with Crippen molar-refractivity contribution in [1.82, 2.24) is 4.90 Å². The van der Waals surface area contributed by atoms with Crippen LogP contribution in [0.25, 0.3) is 0 Å². The van der Waals surface area contributed by atoms with Crippen LogP contribution in [0.5, 0.6) is 0 Å². The molecule has 2 aromatic carbocycles. The van der Waals surface area contributed by atoms with E-state index >= 15 is 0 Å². The lowest BCUT2D eigenvalue weighted by Crippen LogP contribution is -2.32. The number of hydrogen-bond donors (Lipinski definition) is 1. The Morgan fingerprint density at radius 2 is 1.88 bits per heavy atom. The zero-order chi connectivity index (χ0) is 17.5. The van der Waals surface area contributed by atoms with E-state index in [1.54, 1.807) is 17.9 Å². The van der Waals surface area contributed by atoms with Gasteiger partial charge in [0, 0.05) is 30.8 Å². The van der Waals surface area contributed by atoms with Crippen molar-refractivity contribution in [1.29, 1.82) is 0 Å². The number of amides is 1. The van der Waals surface area contributed by atoms with Gasteiger partial charge < -0.3 is 10.6 Å². The Morgan fingerprint density at radius 1 is 1.20 bits per heavy atom. The number of nitro groups is 1. The Kier molecular flexibility index (Phi) is 8.04. The van der Waals surface area contributed by atoms with E-state index in [4.69, 9.17) is 5.73 Å². The fraction of sp³-hybridized carbons (Fsp3) is 0.278. The highest BCUT2D eigenvalue weighted by Gasteiger charge is 2.19. The average Bonchev–Trinajstić information content (AvgIpc) is 2.58. The highest BCUT2D eigenvalue weighted by molar-refractivity contribution is 5.95. The van der Waals surface area contributed by atoms with Gasteiger partial charge in [0.25, 0.3) is 11.6 Å². The van der Waals surface area contributed by atoms with Crippen LogP contribution < -0.4 is 5.73 Å². The molecule has 2 N–H and O–H groups in total. The second-order valence-corrected chi connectivity index (χ2v) is 5.67. The van der Waals surface area contributed by atoms with Crippen molar-refractivity contribution in [2.45, 2.75) is 19.9 Å². The molecule has 0 aliphatic heterocycles. The molecule has 1 amide bonds. The van der Waals surface area contributed by atoms with Crippen LogP contribution in [0.1, 0.15) is 27.9 Å². The maximum atomic E-state index is 12.8. The summed E-state index contributed by atoms with van der Waals surface area (Å²) in [7, 11) is 0. The summed E-state index contributed by atoms with van der Waals surface area (Å²) in [6.45, 7) is 3.17. The average molecular weight is 364 g/mol. The fourth-order valence-electron chi connectivity index (χ4n) is 2.51. The SMILES string of the molecule is Cc1cc(C(=O)N(CCCN)Cc2ccccc2)cc([N+](=O)[O-])c1.Cl. The molecule has 0 spiro atoms. The highest BCUT2D eigenvalue weighted by atomic mass is 35.5. The first-order valence-electron chi connectivity index (χ1n) is 7.80. The minimum absolute atomic E-state index is 0. The van der Waals surface area contributed by atoms with Crippen LogP contribution in [0.15, 0.2) is 48.5 Å². The number of carbonyl (C=O) groups excluding carboxylic acids is 1. The van der Waals surface area contributed by atoms with Crippen molar-refractivity contribution in [2.24, 2.45) is 5.73 Å². The van der Waals surface area contributed by atoms with Crippen LogP contribution in [0.2, 0.25) is 0 Å². The third-order valence-corrected chi connectivity index (χ3v) is 3.66. The highest BCUT2D eigenvalue weighted by Crippen LogP contribution is 2.19. The van der Waals surface area contributed by atoms with E-state index in [-0.39, 0.29) is 24.0 Å². The van der Waals surface area contributed by atoms with Crippen LogP contribution in [-0.2, 0) is 6.54 Å². The third-order valence-electron chi connectivity index (χ3n) is 3.66. The van der Waals surface area contributed by atoms with Gasteiger partial charge in [0.05, 0.1) is 4.92 Å². The first kappa shape index (κ1) is 20.6. The topological polar surface area (TPSA) is 89.5 Å². The molecular weight excluding hydrogens is 342 g/mol. The first-order valence-corrected chi connectivity index (χ1v) is 7.80. The predicted molar refractivity (Wildman–Crippen MR) is 99.9 cm³/mol. The van der Waals surface area contributed by atoms with Crippen molar-refractivity contribution < 1.29 is 9.72 Å². The molecule has 7 heteroatoms. The molecule has 0 atom stereocenters. The fourth-order valence-corrected chi connectivity index (χ4v) is 2.51. The molecule has 2 rings (SSSR count). The van der Waals surface area contributed by atoms with Gasteiger partial charge in [-0.2, -0.15) is 0 Å². The second-order valence-electron chi connectivity index (χ2n) is 5.67. The standard InChI is InChI=1S/C18H21N3O3.ClH/c1-14-10-16(12-17(11-14)21(23)24)18(22)20(9-5-8-19)13-15-6-3-2-4-7-15;/h2-4,6-7,10-12H,5,8-9,13,19H2,1H3;1H. The number of aryl methyl sites for hydroxylation is 1. The minimum Gasteiger partial charge on any atom is -0.334 e. The van der Waals surface area contributed by atoms with E-state index in [1.165, 1.54) is 12.1 Å². The van der Waals surface area contributed by atoms with Gasteiger partial charge in [-0.15, -0.1) is 12.4 Å². The molecule has 0 aliphatic rings. The number of carbonyl (C=O) groups is 1. The molecule has 0 radical (unpaired) electrons. The van der Waals surface area contributed by atoms with Crippen molar-refractivity contribution in [3.63, 3.8) is 0 Å². The van der Waals surface area contributed by atoms with Gasteiger partial charge in [0.15, 0.2) is 0 Å². The van der Waals surface area contributed by atoms with Gasteiger partial charge in [-0.25, -0.2) is 0 Å². The van der Waals surface area contributed by atoms with Gasteiger partial charge in [0.1, 0.15) is 0 Å². The summed E-state index contributed by atoms with van der Waals surface area (Å²) in [5.41, 5.74) is 7.52. The summed E-state index contributed by atoms with van der Waals surface area (Å²) < 4.78 is 0. The number of nitro benzene ring substituents is 1. The van der Waals surface area contributed by atoms with E-state index in [2.05, 4.69) is 0 Å². The maximum absolute atomic E-state index is 12.8. The zero-order valence-corrected chi connectivity index (χ0v) is 14.9. The van der Waals surface area contributed by atoms with E-state index in [0.29, 0.717) is 37.2 Å². The lowest BCUT2D eigenvalue weighted by atomic mass is 10.1. The van der Waals surface area contributed by atoms with Crippen molar-refractivity contribution in [3.8, 4) is 0 Å². The molecule has 25 heavy (non-hydrogen) atoms. The van der Waals surface area contributed by atoms with Crippen LogP contribution >= 0.6 is 12.4 Å². The Hall–Kier alpha value is -2.44. The Morgan fingerprint density at radius 3 is 2.48 bits per heavy atom. The van der Waals surface area contributed by atoms with E-state index < -0.39 is 4.92 Å². The molecule has 2 aromatic rings. The largest absolute Gasteiger partial charge is 0.334 e. The number of halogens is 1. The summed E-state index contributed by atoms with van der Waals surface area (Å²) in [5.74, 6) is -0.223. The molecule has 0 heterocycles. The molecule has 0 saturated carbocycles. The molecule has 0 aromatic heterocycles. The van der Waals surface area contributed by atoms with E-state index in [9.17, 15) is 14.9 Å². The number of benzene rings is 2. The normalized spacial score (nSPS) is 10.0. The van der Waals surface area contributed by atoms with Crippen LogP contribution in [0, 0.1) is 17.0 Å². The number of nitrogens with zero attached hydrogens (tertiary/aromatic N) is 2. The number of nitrogens with two attached hydrogens (primary N) is 1. The van der Waals surface area contributed by atoms with Crippen LogP contribution in [0.3, 0.4) is 0 Å². The quantitative estimate of drug-likeness (QED) is 0.603. The second kappa shape index (κ2) is 9.76. The number of rotatable bonds is 7. The van der Waals surface area contributed by atoms with Crippen molar-refractivity contribution in [2.75, 3.05) is 13.1 Å². The minimum atomic E-state index is -0.481. The van der Waals surface area contributed by atoms with E-state index in [0.717, 1.165) is 5.56 Å². The molecule has 6 nitrogen and oxygen atoms in total. The first-order chi connectivity index (χ1) is 11.5. The monoisotopic (exact) mass is 363 g/mol. The zero-order valence-electron chi connectivity index (χ0n) is 14.1. The summed E-state index contributed by atoms with van der Waals surface area (Å²) in [4.78, 5) is 25.1. The molecule has 0 fully saturated rings. The Bertz CT molecular complexity index is 723. The smallest absolute Gasteiger partial charge is 0.270 e. The molecule has 0 unspecified atom stereocenters. The lowest BCUT2D eigenvalue weighted by Gasteiger charge is -2.23. The Balaban J connectivity index is 0.00000312. The lowest BCUT2D eigenvalue weighted by molar-refractivity contribution is -0.384. The van der Waals surface area contributed by atoms with Gasteiger partial charge >= 0.3 is 0 Å². The van der Waals surface area contributed by atoms with E-state index in [1.807, 2.05) is 30.3 Å².